The van der Waals surface area contributed by atoms with Crippen LogP contribution in [0.25, 0.3) is 0 Å². The van der Waals surface area contributed by atoms with Crippen LogP contribution in [0.15, 0.2) is 29.3 Å². The molecule has 0 unspecified atom stereocenters. The van der Waals surface area contributed by atoms with Crippen molar-refractivity contribution in [1.82, 2.24) is 9.80 Å². The Balaban J connectivity index is 2.58. The van der Waals surface area contributed by atoms with Gasteiger partial charge >= 0.3 is 11.8 Å². The van der Waals surface area contributed by atoms with Crippen LogP contribution < -0.4 is 4.74 Å². The molecular formula is C16H21N3O3. The van der Waals surface area contributed by atoms with Crippen LogP contribution in [0.4, 0.5) is 5.69 Å². The summed E-state index contributed by atoms with van der Waals surface area (Å²) in [6.45, 7) is 7.42. The van der Waals surface area contributed by atoms with Crippen molar-refractivity contribution < 1.29 is 14.3 Å². The van der Waals surface area contributed by atoms with Gasteiger partial charge < -0.3 is 4.74 Å². The Kier molecular flexibility index (Phi) is 4.49. The first-order valence-corrected chi connectivity index (χ1v) is 7.27. The van der Waals surface area contributed by atoms with Gasteiger partial charge in [-0.05, 0) is 39.8 Å². The quantitative estimate of drug-likeness (QED) is 0.801. The second-order valence-corrected chi connectivity index (χ2v) is 5.62. The van der Waals surface area contributed by atoms with Gasteiger partial charge in [-0.2, -0.15) is 0 Å². The second kappa shape index (κ2) is 6.17. The van der Waals surface area contributed by atoms with Crippen LogP contribution in [0.3, 0.4) is 0 Å². The maximum absolute atomic E-state index is 12.2. The summed E-state index contributed by atoms with van der Waals surface area (Å²) < 4.78 is 5.29. The van der Waals surface area contributed by atoms with Gasteiger partial charge in [0.1, 0.15) is 11.4 Å². The zero-order valence-corrected chi connectivity index (χ0v) is 13.5. The van der Waals surface area contributed by atoms with Crippen LogP contribution in [0.2, 0.25) is 0 Å². The fourth-order valence-corrected chi connectivity index (χ4v) is 2.37. The Labute approximate surface area is 130 Å². The van der Waals surface area contributed by atoms with Gasteiger partial charge in [0, 0.05) is 12.1 Å². The molecule has 1 aliphatic rings. The minimum Gasteiger partial charge on any atom is -0.494 e. The highest BCUT2D eigenvalue weighted by Gasteiger charge is 2.45. The molecule has 1 saturated heterocycles. The van der Waals surface area contributed by atoms with Gasteiger partial charge in [-0.1, -0.05) is 12.1 Å². The fourth-order valence-electron chi connectivity index (χ4n) is 2.37. The molecule has 0 bridgehead atoms. The van der Waals surface area contributed by atoms with E-state index in [0.29, 0.717) is 17.4 Å². The highest BCUT2D eigenvalue weighted by molar-refractivity contribution is 6.45. The Morgan fingerprint density at radius 1 is 0.955 bits per heavy atom. The number of amides is 2. The molecular weight excluding hydrogens is 282 g/mol. The summed E-state index contributed by atoms with van der Waals surface area (Å²) in [5, 5.41) is 0. The smallest absolute Gasteiger partial charge is 0.319 e. The Hall–Kier alpha value is -2.37. The van der Waals surface area contributed by atoms with E-state index in [2.05, 4.69) is 4.99 Å². The zero-order chi connectivity index (χ0) is 16.4. The van der Waals surface area contributed by atoms with Crippen LogP contribution in [0.1, 0.15) is 27.7 Å². The van der Waals surface area contributed by atoms with Crippen molar-refractivity contribution >= 4 is 23.5 Å². The SMILES string of the molecule is COc1ccccc1N=C1N(C(C)C)C(=O)C(=O)N1C(C)C. The maximum Gasteiger partial charge on any atom is 0.319 e. The lowest BCUT2D eigenvalue weighted by Crippen LogP contribution is -2.41. The molecule has 0 N–H and O–H groups in total. The first-order valence-electron chi connectivity index (χ1n) is 7.27. The molecule has 1 aromatic carbocycles. The van der Waals surface area contributed by atoms with Crippen molar-refractivity contribution in [2.24, 2.45) is 4.99 Å². The summed E-state index contributed by atoms with van der Waals surface area (Å²) in [7, 11) is 1.56. The molecule has 1 aliphatic heterocycles. The molecule has 0 radical (unpaired) electrons. The fraction of sp³-hybridized carbons (Fsp3) is 0.438. The number of nitrogens with zero attached hydrogens (tertiary/aromatic N) is 3. The lowest BCUT2D eigenvalue weighted by Gasteiger charge is -2.25. The number of hydrogen-bond acceptors (Lipinski definition) is 4. The normalized spacial score (nSPS) is 15.3. The minimum atomic E-state index is -0.544. The molecule has 1 aromatic rings. The predicted octanol–water partition coefficient (Wildman–Crippen LogP) is 2.17. The number of aliphatic imine (C=N–C) groups is 1. The molecule has 6 nitrogen and oxygen atoms in total. The lowest BCUT2D eigenvalue weighted by molar-refractivity contribution is -0.144. The van der Waals surface area contributed by atoms with Crippen molar-refractivity contribution in [2.75, 3.05) is 7.11 Å². The molecule has 1 heterocycles. The largest absolute Gasteiger partial charge is 0.494 e. The van der Waals surface area contributed by atoms with Crippen molar-refractivity contribution in [3.8, 4) is 5.75 Å². The van der Waals surface area contributed by atoms with Gasteiger partial charge in [-0.3, -0.25) is 19.4 Å². The van der Waals surface area contributed by atoms with Gasteiger partial charge in [0.25, 0.3) is 0 Å². The van der Waals surface area contributed by atoms with E-state index in [9.17, 15) is 9.59 Å². The van der Waals surface area contributed by atoms with Crippen molar-refractivity contribution in [3.05, 3.63) is 24.3 Å². The van der Waals surface area contributed by atoms with E-state index in [4.69, 9.17) is 4.74 Å². The minimum absolute atomic E-state index is 0.159. The number of para-hydroxylation sites is 2. The lowest BCUT2D eigenvalue weighted by atomic mass is 10.3. The highest BCUT2D eigenvalue weighted by Crippen LogP contribution is 2.29. The third-order valence-corrected chi connectivity index (χ3v) is 3.39. The molecule has 22 heavy (non-hydrogen) atoms. The number of carbonyl (C=O) groups is 2. The van der Waals surface area contributed by atoms with Crippen LogP contribution in [0.5, 0.6) is 5.75 Å². The van der Waals surface area contributed by atoms with E-state index in [-0.39, 0.29) is 12.1 Å². The molecule has 0 atom stereocenters. The summed E-state index contributed by atoms with van der Waals surface area (Å²) in [4.78, 5) is 31.9. The molecule has 2 rings (SSSR count). The van der Waals surface area contributed by atoms with Crippen LogP contribution in [-0.4, -0.2) is 46.8 Å². The van der Waals surface area contributed by atoms with Crippen LogP contribution in [0, 0.1) is 0 Å². The van der Waals surface area contributed by atoms with Gasteiger partial charge in [0.15, 0.2) is 0 Å². The van der Waals surface area contributed by atoms with E-state index < -0.39 is 11.8 Å². The summed E-state index contributed by atoms with van der Waals surface area (Å²) in [6, 6.07) is 6.93. The number of methoxy groups -OCH3 is 1. The van der Waals surface area contributed by atoms with Gasteiger partial charge in [-0.15, -0.1) is 0 Å². The number of ether oxygens (including phenoxy) is 1. The Morgan fingerprint density at radius 3 is 1.91 bits per heavy atom. The summed E-state index contributed by atoms with van der Waals surface area (Å²) in [6.07, 6.45) is 0. The van der Waals surface area contributed by atoms with Crippen molar-refractivity contribution in [1.29, 1.82) is 0 Å². The van der Waals surface area contributed by atoms with Gasteiger partial charge in [-0.25, -0.2) is 4.99 Å². The van der Waals surface area contributed by atoms with E-state index in [1.807, 2.05) is 39.8 Å². The van der Waals surface area contributed by atoms with Crippen molar-refractivity contribution in [3.63, 3.8) is 0 Å². The zero-order valence-electron chi connectivity index (χ0n) is 13.5. The second-order valence-electron chi connectivity index (χ2n) is 5.62. The monoisotopic (exact) mass is 303 g/mol. The molecule has 0 aromatic heterocycles. The standard InChI is InChI=1S/C16H21N3O3/c1-10(2)18-14(20)15(21)19(11(3)4)16(18)17-12-8-6-7-9-13(12)22-5/h6-11H,1-5H3. The molecule has 0 aliphatic carbocycles. The molecule has 6 heteroatoms. The van der Waals surface area contributed by atoms with E-state index >= 15 is 0 Å². The molecule has 118 valence electrons. The third-order valence-electron chi connectivity index (χ3n) is 3.39. The summed E-state index contributed by atoms with van der Waals surface area (Å²) in [5.41, 5.74) is 0.582. The van der Waals surface area contributed by atoms with Crippen LogP contribution >= 0.6 is 0 Å². The third kappa shape index (κ3) is 2.68. The topological polar surface area (TPSA) is 62.2 Å². The predicted molar refractivity (Wildman–Crippen MR) is 84.1 cm³/mol. The van der Waals surface area contributed by atoms with E-state index in [1.54, 1.807) is 19.2 Å². The van der Waals surface area contributed by atoms with Crippen LogP contribution in [-0.2, 0) is 9.59 Å². The molecule has 0 saturated carbocycles. The Morgan fingerprint density at radius 2 is 1.45 bits per heavy atom. The number of hydrogen-bond donors (Lipinski definition) is 0. The summed E-state index contributed by atoms with van der Waals surface area (Å²) in [5.74, 6) is -0.145. The van der Waals surface area contributed by atoms with Gasteiger partial charge in [0.2, 0.25) is 5.96 Å². The number of benzene rings is 1. The molecule has 1 fully saturated rings. The van der Waals surface area contributed by atoms with E-state index in [0.717, 1.165) is 0 Å². The first kappa shape index (κ1) is 16.0. The van der Waals surface area contributed by atoms with Gasteiger partial charge in [0.05, 0.1) is 7.11 Å². The maximum atomic E-state index is 12.2. The average molecular weight is 303 g/mol. The van der Waals surface area contributed by atoms with Crippen molar-refractivity contribution in [2.45, 2.75) is 39.8 Å². The number of guanidine groups is 1. The average Bonchev–Trinajstić information content (AvgIpc) is 2.71. The molecule has 2 amide bonds. The highest BCUT2D eigenvalue weighted by atomic mass is 16.5. The number of carbonyl (C=O) groups excluding carboxylic acids is 2. The van der Waals surface area contributed by atoms with E-state index in [1.165, 1.54) is 9.80 Å². The number of rotatable bonds is 4. The summed E-state index contributed by atoms with van der Waals surface area (Å²) >= 11 is 0. The molecule has 0 spiro atoms. The Bertz CT molecular complexity index is 595. The first-order chi connectivity index (χ1) is 10.4.